The highest BCUT2D eigenvalue weighted by Gasteiger charge is 2.49. The topological polar surface area (TPSA) is 99.2 Å². The predicted molar refractivity (Wildman–Crippen MR) is 159 cm³/mol. The van der Waals surface area contributed by atoms with Crippen LogP contribution >= 0.6 is 11.6 Å². The molecule has 0 spiro atoms. The number of benzene rings is 2. The molecule has 0 radical (unpaired) electrons. The molecule has 0 saturated heterocycles. The van der Waals surface area contributed by atoms with Crippen LogP contribution in [0.4, 0.5) is 0 Å². The van der Waals surface area contributed by atoms with E-state index in [4.69, 9.17) is 16.6 Å². The van der Waals surface area contributed by atoms with Crippen molar-refractivity contribution < 1.29 is 9.90 Å². The van der Waals surface area contributed by atoms with Crippen LogP contribution in [0, 0.1) is 0 Å². The van der Waals surface area contributed by atoms with Crippen molar-refractivity contribution in [2.24, 2.45) is 0 Å². The number of aliphatic hydroxyl groups excluding tert-OH is 1. The van der Waals surface area contributed by atoms with E-state index in [1.54, 1.807) is 23.1 Å². The summed E-state index contributed by atoms with van der Waals surface area (Å²) in [5.41, 5.74) is 5.18. The summed E-state index contributed by atoms with van der Waals surface area (Å²) in [4.78, 5) is 41.0. The van der Waals surface area contributed by atoms with E-state index < -0.39 is 12.0 Å². The second kappa shape index (κ2) is 10.9. The van der Waals surface area contributed by atoms with E-state index in [1.807, 2.05) is 42.7 Å². The number of fused-ring (bicyclic) bond motifs is 1. The summed E-state index contributed by atoms with van der Waals surface area (Å²) in [5.74, 6) is 0.608. The van der Waals surface area contributed by atoms with E-state index in [1.165, 1.54) is 0 Å². The molecule has 7 nitrogen and oxygen atoms in total. The summed E-state index contributed by atoms with van der Waals surface area (Å²) < 4.78 is 0. The molecule has 2 aromatic heterocycles. The number of aliphatic hydroxyl groups is 1. The third-order valence-corrected chi connectivity index (χ3v) is 8.61. The second-order valence-corrected chi connectivity index (χ2v) is 11.9. The maximum Gasteiger partial charge on any atom is 0.256 e. The summed E-state index contributed by atoms with van der Waals surface area (Å²) in [6, 6.07) is 16.9. The molecule has 3 heterocycles. The first kappa shape index (κ1) is 27.4. The fourth-order valence-electron chi connectivity index (χ4n) is 5.73. The van der Waals surface area contributed by atoms with Gasteiger partial charge in [0.1, 0.15) is 5.82 Å². The number of nitrogens with zero attached hydrogens (tertiary/aromatic N) is 3. The fraction of sp³-hybridized carbons (Fsp3) is 0.333. The number of aromatic nitrogens is 3. The van der Waals surface area contributed by atoms with Gasteiger partial charge in [-0.1, -0.05) is 61.8 Å². The van der Waals surface area contributed by atoms with Gasteiger partial charge in [-0.25, -0.2) is 4.98 Å². The van der Waals surface area contributed by atoms with Gasteiger partial charge < -0.3 is 15.0 Å². The Labute approximate surface area is 244 Å². The molecule has 210 valence electrons. The van der Waals surface area contributed by atoms with Crippen molar-refractivity contribution in [1.29, 1.82) is 0 Å². The van der Waals surface area contributed by atoms with E-state index in [-0.39, 0.29) is 17.5 Å². The zero-order valence-corrected chi connectivity index (χ0v) is 24.0. The number of H-pyrrole nitrogens is 1. The summed E-state index contributed by atoms with van der Waals surface area (Å²) in [7, 11) is 0. The van der Waals surface area contributed by atoms with Crippen molar-refractivity contribution in [1.82, 2.24) is 19.9 Å². The van der Waals surface area contributed by atoms with E-state index >= 15 is 0 Å². The molecule has 1 amide bonds. The molecule has 2 aromatic carbocycles. The van der Waals surface area contributed by atoms with Crippen LogP contribution in [0.2, 0.25) is 5.02 Å². The SMILES string of the molecule is CC(C)c1cncc(C2(c3nc4c(c(=O)[nH]3)CN(C(=O)[C@H](O)c3cccc(-c5cccc(Cl)c5)c3)CCC4)CC2)c1. The molecule has 1 fully saturated rings. The van der Waals surface area contributed by atoms with Gasteiger partial charge in [-0.05, 0) is 77.6 Å². The van der Waals surface area contributed by atoms with Gasteiger partial charge in [-0.3, -0.25) is 14.6 Å². The van der Waals surface area contributed by atoms with Crippen LogP contribution in [0.15, 0.2) is 71.8 Å². The Morgan fingerprint density at radius 2 is 1.80 bits per heavy atom. The van der Waals surface area contributed by atoms with Gasteiger partial charge in [0.15, 0.2) is 6.10 Å². The van der Waals surface area contributed by atoms with E-state index in [0.717, 1.165) is 40.8 Å². The number of hydrogen-bond acceptors (Lipinski definition) is 5. The van der Waals surface area contributed by atoms with Gasteiger partial charge in [0.05, 0.1) is 23.2 Å². The van der Waals surface area contributed by atoms with Gasteiger partial charge in [-0.2, -0.15) is 0 Å². The van der Waals surface area contributed by atoms with Crippen LogP contribution in [0.3, 0.4) is 0 Å². The number of rotatable bonds is 6. The smallest absolute Gasteiger partial charge is 0.256 e. The Hall–Kier alpha value is -3.81. The monoisotopic (exact) mass is 568 g/mol. The fourth-order valence-corrected chi connectivity index (χ4v) is 5.92. The third kappa shape index (κ3) is 5.32. The standard InChI is InChI=1S/C33H33ClN4O3/c1-20(2)24-15-25(18-35-17-24)33(11-12-33)32-36-28-10-5-13-38(19-27(28)30(40)37-32)31(41)29(39)23-8-3-6-21(14-23)22-7-4-9-26(34)16-22/h3-4,6-9,14-18,20,29,39H,5,10-13,19H2,1-2H3,(H,36,37,40)/t29-/m1/s1. The molecule has 6 rings (SSSR count). The summed E-state index contributed by atoms with van der Waals surface area (Å²) in [6.07, 6.45) is 5.49. The molecule has 41 heavy (non-hydrogen) atoms. The van der Waals surface area contributed by atoms with Crippen molar-refractivity contribution in [2.75, 3.05) is 6.54 Å². The van der Waals surface area contributed by atoms with Crippen LogP contribution in [-0.4, -0.2) is 37.4 Å². The Morgan fingerprint density at radius 3 is 2.54 bits per heavy atom. The van der Waals surface area contributed by atoms with Crippen LogP contribution in [0.5, 0.6) is 0 Å². The molecule has 1 saturated carbocycles. The first-order valence-corrected chi connectivity index (χ1v) is 14.5. The lowest BCUT2D eigenvalue weighted by atomic mass is 9.93. The zero-order chi connectivity index (χ0) is 28.7. The minimum atomic E-state index is -1.35. The number of carbonyl (C=O) groups is 1. The summed E-state index contributed by atoms with van der Waals surface area (Å²) >= 11 is 6.16. The lowest BCUT2D eigenvalue weighted by molar-refractivity contribution is -0.141. The summed E-state index contributed by atoms with van der Waals surface area (Å²) in [6.45, 7) is 4.82. The second-order valence-electron chi connectivity index (χ2n) is 11.5. The van der Waals surface area contributed by atoms with Crippen molar-refractivity contribution in [3.05, 3.63) is 116 Å². The zero-order valence-electron chi connectivity index (χ0n) is 23.2. The van der Waals surface area contributed by atoms with Crippen LogP contribution in [0.1, 0.15) is 78.9 Å². The molecule has 1 aliphatic heterocycles. The van der Waals surface area contributed by atoms with Crippen molar-refractivity contribution in [2.45, 2.75) is 63.5 Å². The minimum Gasteiger partial charge on any atom is -0.378 e. The van der Waals surface area contributed by atoms with Crippen molar-refractivity contribution in [3.8, 4) is 11.1 Å². The Balaban J connectivity index is 1.25. The number of aromatic amines is 1. The maximum atomic E-state index is 13.5. The van der Waals surface area contributed by atoms with Crippen molar-refractivity contribution in [3.63, 3.8) is 0 Å². The average molecular weight is 569 g/mol. The highest BCUT2D eigenvalue weighted by molar-refractivity contribution is 6.30. The Morgan fingerprint density at radius 1 is 1.05 bits per heavy atom. The van der Waals surface area contributed by atoms with E-state index in [9.17, 15) is 14.7 Å². The van der Waals surface area contributed by atoms with Crippen LogP contribution in [-0.2, 0) is 23.2 Å². The minimum absolute atomic E-state index is 0.110. The quantitative estimate of drug-likeness (QED) is 0.311. The Bertz CT molecular complexity index is 1680. The molecule has 0 unspecified atom stereocenters. The van der Waals surface area contributed by atoms with E-state index in [0.29, 0.717) is 47.3 Å². The predicted octanol–water partition coefficient (Wildman–Crippen LogP) is 5.70. The molecule has 1 aliphatic carbocycles. The molecular formula is C33H33ClN4O3. The normalized spacial score (nSPS) is 16.7. The van der Waals surface area contributed by atoms with Gasteiger partial charge in [0.25, 0.3) is 11.5 Å². The highest BCUT2D eigenvalue weighted by Crippen LogP contribution is 2.52. The van der Waals surface area contributed by atoms with Gasteiger partial charge in [0.2, 0.25) is 0 Å². The molecule has 0 bridgehead atoms. The van der Waals surface area contributed by atoms with Crippen molar-refractivity contribution >= 4 is 17.5 Å². The van der Waals surface area contributed by atoms with Crippen LogP contribution in [0.25, 0.3) is 11.1 Å². The average Bonchev–Trinajstić information content (AvgIpc) is 3.81. The largest absolute Gasteiger partial charge is 0.378 e. The molecule has 2 aliphatic rings. The molecule has 1 atom stereocenters. The number of amides is 1. The number of aryl methyl sites for hydroxylation is 1. The lowest BCUT2D eigenvalue weighted by Gasteiger charge is -2.24. The third-order valence-electron chi connectivity index (χ3n) is 8.38. The molecule has 8 heteroatoms. The number of nitrogens with one attached hydrogen (secondary N) is 1. The first-order valence-electron chi connectivity index (χ1n) is 14.2. The van der Waals surface area contributed by atoms with Crippen LogP contribution < -0.4 is 5.56 Å². The number of pyridine rings is 1. The molecule has 4 aromatic rings. The number of hydrogen-bond donors (Lipinski definition) is 2. The number of carbonyl (C=O) groups excluding carboxylic acids is 1. The highest BCUT2D eigenvalue weighted by atomic mass is 35.5. The van der Waals surface area contributed by atoms with Gasteiger partial charge >= 0.3 is 0 Å². The van der Waals surface area contributed by atoms with Gasteiger partial charge in [0, 0.05) is 24.0 Å². The lowest BCUT2D eigenvalue weighted by Crippen LogP contribution is -2.36. The molecule has 2 N–H and O–H groups in total. The maximum absolute atomic E-state index is 13.5. The summed E-state index contributed by atoms with van der Waals surface area (Å²) in [5, 5.41) is 11.7. The Kier molecular flexibility index (Phi) is 7.26. The molecular weight excluding hydrogens is 536 g/mol. The first-order chi connectivity index (χ1) is 19.7. The van der Waals surface area contributed by atoms with Gasteiger partial charge in [-0.15, -0.1) is 0 Å². The number of halogens is 1. The van der Waals surface area contributed by atoms with E-state index in [2.05, 4.69) is 29.9 Å².